The first kappa shape index (κ1) is 12.6. The third-order valence-corrected chi connectivity index (χ3v) is 2.38. The summed E-state index contributed by atoms with van der Waals surface area (Å²) in [6.45, 7) is 0. The highest BCUT2D eigenvalue weighted by molar-refractivity contribution is 5.90. The molecule has 2 aromatic rings. The van der Waals surface area contributed by atoms with Crippen LogP contribution in [0.15, 0.2) is 42.7 Å². The zero-order valence-electron chi connectivity index (χ0n) is 10.2. The number of hydrogen-bond acceptors (Lipinski definition) is 5. The highest BCUT2D eigenvalue weighted by Crippen LogP contribution is 2.25. The van der Waals surface area contributed by atoms with Crippen LogP contribution in [0.2, 0.25) is 0 Å². The van der Waals surface area contributed by atoms with Gasteiger partial charge >= 0.3 is 5.97 Å². The maximum Gasteiger partial charge on any atom is 0.337 e. The molecular weight excluding hydrogens is 244 g/mol. The van der Waals surface area contributed by atoms with Gasteiger partial charge in [0, 0.05) is 6.20 Å². The summed E-state index contributed by atoms with van der Waals surface area (Å²) < 4.78 is 10.1. The van der Waals surface area contributed by atoms with Crippen molar-refractivity contribution in [2.75, 3.05) is 7.11 Å². The Bertz CT molecular complexity index is 633. The Morgan fingerprint density at radius 2 is 2.21 bits per heavy atom. The molecule has 2 rings (SSSR count). The number of hydrogen-bond donors (Lipinski definition) is 0. The normalized spacial score (nSPS) is 9.47. The monoisotopic (exact) mass is 254 g/mol. The lowest BCUT2D eigenvalue weighted by atomic mass is 10.1. The highest BCUT2D eigenvalue weighted by Gasteiger charge is 2.11. The number of pyridine rings is 1. The molecular formula is C14H10N2O3. The molecule has 0 aliphatic rings. The summed E-state index contributed by atoms with van der Waals surface area (Å²) in [4.78, 5) is 15.3. The van der Waals surface area contributed by atoms with Crippen LogP contribution in [0, 0.1) is 11.3 Å². The quantitative estimate of drug-likeness (QED) is 0.787. The first-order valence-electron chi connectivity index (χ1n) is 5.45. The lowest BCUT2D eigenvalue weighted by molar-refractivity contribution is 0.0600. The minimum Gasteiger partial charge on any atom is -0.465 e. The molecule has 5 nitrogen and oxygen atoms in total. The number of nitriles is 1. The van der Waals surface area contributed by atoms with Crippen molar-refractivity contribution < 1.29 is 14.3 Å². The summed E-state index contributed by atoms with van der Waals surface area (Å²) >= 11 is 0. The van der Waals surface area contributed by atoms with Gasteiger partial charge in [-0.05, 0) is 30.3 Å². The largest absolute Gasteiger partial charge is 0.465 e. The average molecular weight is 254 g/mol. The molecule has 0 saturated heterocycles. The molecule has 1 aromatic heterocycles. The van der Waals surface area contributed by atoms with Gasteiger partial charge in [-0.25, -0.2) is 4.79 Å². The van der Waals surface area contributed by atoms with Crippen LogP contribution in [0.3, 0.4) is 0 Å². The molecule has 0 spiro atoms. The smallest absolute Gasteiger partial charge is 0.337 e. The molecule has 0 aliphatic carbocycles. The van der Waals surface area contributed by atoms with Crippen LogP contribution in [-0.4, -0.2) is 18.1 Å². The molecule has 1 heterocycles. The van der Waals surface area contributed by atoms with E-state index >= 15 is 0 Å². The molecule has 1 aromatic carbocycles. The van der Waals surface area contributed by atoms with Gasteiger partial charge in [0.25, 0.3) is 0 Å². The van der Waals surface area contributed by atoms with Crippen LogP contribution in [-0.2, 0) is 4.74 Å². The van der Waals surface area contributed by atoms with Gasteiger partial charge in [-0.2, -0.15) is 5.26 Å². The van der Waals surface area contributed by atoms with Gasteiger partial charge in [0.05, 0.1) is 24.4 Å². The fourth-order valence-corrected chi connectivity index (χ4v) is 1.49. The van der Waals surface area contributed by atoms with Gasteiger partial charge in [-0.3, -0.25) is 4.98 Å². The number of nitrogens with zero attached hydrogens (tertiary/aromatic N) is 2. The second kappa shape index (κ2) is 5.65. The predicted octanol–water partition coefficient (Wildman–Crippen LogP) is 2.53. The van der Waals surface area contributed by atoms with E-state index in [4.69, 9.17) is 10.00 Å². The molecule has 0 amide bonds. The van der Waals surface area contributed by atoms with Gasteiger partial charge in [0.1, 0.15) is 17.6 Å². The van der Waals surface area contributed by atoms with E-state index in [1.54, 1.807) is 30.5 Å². The fourth-order valence-electron chi connectivity index (χ4n) is 1.49. The molecule has 0 N–H and O–H groups in total. The second-order valence-corrected chi connectivity index (χ2v) is 3.61. The summed E-state index contributed by atoms with van der Waals surface area (Å²) in [5, 5.41) is 9.08. The van der Waals surface area contributed by atoms with Gasteiger partial charge in [0.15, 0.2) is 0 Å². The second-order valence-electron chi connectivity index (χ2n) is 3.61. The number of benzene rings is 1. The highest BCUT2D eigenvalue weighted by atomic mass is 16.5. The molecule has 0 saturated carbocycles. The zero-order chi connectivity index (χ0) is 13.7. The zero-order valence-corrected chi connectivity index (χ0v) is 10.2. The Kier molecular flexibility index (Phi) is 3.74. The lowest BCUT2D eigenvalue weighted by Gasteiger charge is -2.07. The van der Waals surface area contributed by atoms with E-state index in [2.05, 4.69) is 9.72 Å². The Hall–Kier alpha value is -2.87. The fraction of sp³-hybridized carbons (Fsp3) is 0.0714. The summed E-state index contributed by atoms with van der Waals surface area (Å²) in [5.41, 5.74) is 0.560. The van der Waals surface area contributed by atoms with Crippen molar-refractivity contribution in [3.05, 3.63) is 53.9 Å². The third-order valence-electron chi connectivity index (χ3n) is 2.38. The van der Waals surface area contributed by atoms with Crippen molar-refractivity contribution in [1.82, 2.24) is 4.98 Å². The molecule has 19 heavy (non-hydrogen) atoms. The summed E-state index contributed by atoms with van der Waals surface area (Å²) in [6, 6.07) is 9.95. The van der Waals surface area contributed by atoms with E-state index in [9.17, 15) is 4.79 Å². The molecule has 0 radical (unpaired) electrons. The lowest BCUT2D eigenvalue weighted by Crippen LogP contribution is -2.02. The average Bonchev–Trinajstić information content (AvgIpc) is 2.48. The molecule has 5 heteroatoms. The van der Waals surface area contributed by atoms with Crippen LogP contribution in [0.25, 0.3) is 0 Å². The van der Waals surface area contributed by atoms with Crippen LogP contribution in [0.1, 0.15) is 15.9 Å². The SMILES string of the molecule is COC(=O)c1ccc(Oc2cccnc2)c(C#N)c1. The standard InChI is InChI=1S/C14H10N2O3/c1-18-14(17)10-4-5-13(11(7-10)8-15)19-12-3-2-6-16-9-12/h2-7,9H,1H3. The molecule has 0 atom stereocenters. The maximum absolute atomic E-state index is 11.4. The number of carbonyl (C=O) groups is 1. The minimum absolute atomic E-state index is 0.256. The molecule has 0 fully saturated rings. The van der Waals surface area contributed by atoms with Crippen LogP contribution >= 0.6 is 0 Å². The van der Waals surface area contributed by atoms with E-state index in [-0.39, 0.29) is 5.56 Å². The van der Waals surface area contributed by atoms with Gasteiger partial charge < -0.3 is 9.47 Å². The maximum atomic E-state index is 11.4. The number of methoxy groups -OCH3 is 1. The number of carbonyl (C=O) groups excluding carboxylic acids is 1. The number of ether oxygens (including phenoxy) is 2. The van der Waals surface area contributed by atoms with Gasteiger partial charge in [-0.1, -0.05) is 0 Å². The Balaban J connectivity index is 2.32. The number of rotatable bonds is 3. The van der Waals surface area contributed by atoms with Crippen LogP contribution in [0.5, 0.6) is 11.5 Å². The topological polar surface area (TPSA) is 72.2 Å². The van der Waals surface area contributed by atoms with Gasteiger partial charge in [-0.15, -0.1) is 0 Å². The van der Waals surface area contributed by atoms with Gasteiger partial charge in [0.2, 0.25) is 0 Å². The number of aromatic nitrogens is 1. The van der Waals surface area contributed by atoms with Crippen molar-refractivity contribution in [3.8, 4) is 17.6 Å². The molecule has 94 valence electrons. The Labute approximate surface area is 110 Å². The van der Waals surface area contributed by atoms with E-state index < -0.39 is 5.97 Å². The van der Waals surface area contributed by atoms with E-state index in [1.807, 2.05) is 6.07 Å². The van der Waals surface area contributed by atoms with E-state index in [0.29, 0.717) is 17.1 Å². The number of esters is 1. The first-order chi connectivity index (χ1) is 9.24. The van der Waals surface area contributed by atoms with Crippen molar-refractivity contribution in [3.63, 3.8) is 0 Å². The van der Waals surface area contributed by atoms with E-state index in [1.165, 1.54) is 19.4 Å². The summed E-state index contributed by atoms with van der Waals surface area (Å²) in [5.74, 6) is 0.386. The minimum atomic E-state index is -0.496. The van der Waals surface area contributed by atoms with Crippen molar-refractivity contribution in [2.45, 2.75) is 0 Å². The van der Waals surface area contributed by atoms with E-state index in [0.717, 1.165) is 0 Å². The molecule has 0 aliphatic heterocycles. The Morgan fingerprint density at radius 3 is 2.84 bits per heavy atom. The summed E-state index contributed by atoms with van der Waals surface area (Å²) in [7, 11) is 1.29. The van der Waals surface area contributed by atoms with Crippen LogP contribution < -0.4 is 4.74 Å². The van der Waals surface area contributed by atoms with Crippen molar-refractivity contribution in [2.24, 2.45) is 0 Å². The third kappa shape index (κ3) is 2.87. The Morgan fingerprint density at radius 1 is 1.37 bits per heavy atom. The first-order valence-corrected chi connectivity index (χ1v) is 5.45. The molecule has 0 unspecified atom stereocenters. The van der Waals surface area contributed by atoms with Crippen LogP contribution in [0.4, 0.5) is 0 Å². The van der Waals surface area contributed by atoms with Crippen molar-refractivity contribution >= 4 is 5.97 Å². The summed E-state index contributed by atoms with van der Waals surface area (Å²) in [6.07, 6.45) is 3.16. The van der Waals surface area contributed by atoms with Crippen molar-refractivity contribution in [1.29, 1.82) is 5.26 Å². The molecule has 0 bridgehead atoms. The predicted molar refractivity (Wildman–Crippen MR) is 66.8 cm³/mol.